The first kappa shape index (κ1) is 30.2. The summed E-state index contributed by atoms with van der Waals surface area (Å²) >= 11 is 0. The van der Waals surface area contributed by atoms with Crippen LogP contribution in [0.2, 0.25) is 0 Å². The molecule has 10 atom stereocenters. The van der Waals surface area contributed by atoms with Crippen molar-refractivity contribution in [3.8, 4) is 0 Å². The van der Waals surface area contributed by atoms with Gasteiger partial charge in [-0.05, 0) is 27.9 Å². The largest absolute Gasteiger partial charge is 0.756 e. The molecule has 5 N–H and O–H groups in total. The summed E-state index contributed by atoms with van der Waals surface area (Å²) in [7, 11) is -7.95. The number of H-pyrrole nitrogens is 1. The number of aryl methyl sites for hydroxylation is 1. The molecule has 0 radical (unpaired) electrons. The van der Waals surface area contributed by atoms with Gasteiger partial charge in [0.25, 0.3) is 13.4 Å². The number of phosphoric ester groups is 2. The molecule has 0 aliphatic carbocycles. The molecule has 212 valence electrons. The zero-order valence-corrected chi connectivity index (χ0v) is 22.1. The van der Waals surface area contributed by atoms with E-state index in [0.717, 1.165) is 4.57 Å². The second kappa shape index (κ2) is 11.4. The topological polar surface area (TPSA) is 242 Å². The first-order chi connectivity index (χ1) is 17.0. The maximum atomic E-state index is 12.3. The smallest absolute Gasteiger partial charge is 0.478 e. The van der Waals surface area contributed by atoms with Gasteiger partial charge in [0.15, 0.2) is 6.29 Å². The number of phosphoric acid groups is 2. The lowest BCUT2D eigenvalue weighted by Gasteiger charge is -2.45. The van der Waals surface area contributed by atoms with Crippen LogP contribution < -0.4 is 16.1 Å². The lowest BCUT2D eigenvalue weighted by Crippen LogP contribution is -2.62. The van der Waals surface area contributed by atoms with Gasteiger partial charge < -0.3 is 39.5 Å². The Morgan fingerprint density at radius 1 is 1.22 bits per heavy atom. The van der Waals surface area contributed by atoms with Crippen LogP contribution in [0.4, 0.5) is 0 Å². The van der Waals surface area contributed by atoms with E-state index in [2.05, 4.69) is 18.3 Å². The van der Waals surface area contributed by atoms with E-state index in [1.54, 1.807) is 0 Å². The highest BCUT2D eigenvalue weighted by Crippen LogP contribution is 2.59. The number of nitrogens with zero attached hydrogens (tertiary/aromatic N) is 2. The van der Waals surface area contributed by atoms with E-state index in [9.17, 15) is 43.8 Å². The number of likely N-dealkylation sites (N-methyl/N-ethyl adjacent to an activating group) is 1. The standard InChI is InChI=1S/C18H31N3O14P2/c1-8-6-21(18(26)19-16(8)25)12-5-10(22)11(33-12)7-31-36(27,28)35-37(29,30)34-17-15(24)13(20(3)4)14(23)9(2)32-17/h6,9-15,17,22-24H,5,7H2,1-4H3,(H,27,28)(H,29,30)(H,19,25,26)/p-1/t9?,10-,11-,12-,13+,14+,15?,17+/m1/s1. The predicted molar refractivity (Wildman–Crippen MR) is 120 cm³/mol. The predicted octanol–water partition coefficient (Wildman–Crippen LogP) is -2.49. The molecule has 0 spiro atoms. The zero-order valence-electron chi connectivity index (χ0n) is 20.3. The highest BCUT2D eigenvalue weighted by atomic mass is 31.3. The first-order valence-corrected chi connectivity index (χ1v) is 14.0. The summed E-state index contributed by atoms with van der Waals surface area (Å²) in [5, 5.41) is 30.8. The fourth-order valence-corrected chi connectivity index (χ4v) is 6.13. The van der Waals surface area contributed by atoms with Crippen molar-refractivity contribution < 1.29 is 57.1 Å². The van der Waals surface area contributed by atoms with E-state index in [4.69, 9.17) is 9.47 Å². The molecule has 2 aliphatic rings. The molecule has 2 saturated heterocycles. The van der Waals surface area contributed by atoms with Crippen molar-refractivity contribution in [1.82, 2.24) is 14.5 Å². The summed E-state index contributed by atoms with van der Waals surface area (Å²) in [6.07, 6.45) is -8.24. The molecule has 17 nitrogen and oxygen atoms in total. The van der Waals surface area contributed by atoms with Crippen LogP contribution in [0.1, 0.15) is 25.1 Å². The minimum absolute atomic E-state index is 0.146. The molecule has 1 aromatic rings. The fraction of sp³-hybridized carbons (Fsp3) is 0.778. The van der Waals surface area contributed by atoms with Crippen LogP contribution in [0.25, 0.3) is 0 Å². The maximum absolute atomic E-state index is 12.3. The van der Waals surface area contributed by atoms with Crippen LogP contribution in [0.15, 0.2) is 15.8 Å². The fourth-order valence-electron chi connectivity index (χ4n) is 4.01. The number of nitrogens with one attached hydrogen (secondary N) is 1. The summed E-state index contributed by atoms with van der Waals surface area (Å²) in [6.45, 7) is 2.03. The molecule has 3 heterocycles. The zero-order chi connectivity index (χ0) is 27.9. The number of ether oxygens (including phenoxy) is 2. The van der Waals surface area contributed by atoms with Crippen LogP contribution in [-0.2, 0) is 32.0 Å². The molecule has 19 heteroatoms. The van der Waals surface area contributed by atoms with Gasteiger partial charge in [0.1, 0.15) is 18.4 Å². The Morgan fingerprint density at radius 2 is 1.86 bits per heavy atom. The lowest BCUT2D eigenvalue weighted by molar-refractivity contribution is -0.287. The SMILES string of the molecule is Cc1cn([C@H]2C[C@@H](O)[C@@H](COP(=O)(O)OP(=O)([O-])O[C@@H]3OC(C)[C@H](O)[C@H](N(C)C)C3O)O2)c(=O)[nH]c1=O. The number of aromatic nitrogens is 2. The highest BCUT2D eigenvalue weighted by molar-refractivity contribution is 7.60. The monoisotopic (exact) mass is 574 g/mol. The normalized spacial score (nSPS) is 35.8. The molecular weight excluding hydrogens is 544 g/mol. The third-order valence-electron chi connectivity index (χ3n) is 5.90. The lowest BCUT2D eigenvalue weighted by atomic mass is 9.96. The van der Waals surface area contributed by atoms with E-state index < -0.39 is 82.6 Å². The molecule has 2 fully saturated rings. The molecule has 3 rings (SSSR count). The Bertz CT molecular complexity index is 1170. The van der Waals surface area contributed by atoms with Gasteiger partial charge >= 0.3 is 13.5 Å². The van der Waals surface area contributed by atoms with Crippen LogP contribution in [-0.4, -0.2) is 98.2 Å². The second-order valence-electron chi connectivity index (χ2n) is 8.95. The second-order valence-corrected chi connectivity index (χ2v) is 11.9. The van der Waals surface area contributed by atoms with E-state index in [0.29, 0.717) is 0 Å². The average Bonchev–Trinajstić information content (AvgIpc) is 3.12. The molecule has 37 heavy (non-hydrogen) atoms. The van der Waals surface area contributed by atoms with E-state index >= 15 is 0 Å². The Morgan fingerprint density at radius 3 is 2.49 bits per heavy atom. The van der Waals surface area contributed by atoms with Crippen molar-refractivity contribution in [3.05, 3.63) is 32.6 Å². The summed E-state index contributed by atoms with van der Waals surface area (Å²) in [6, 6.07) is -0.987. The van der Waals surface area contributed by atoms with Crippen molar-refractivity contribution in [3.63, 3.8) is 0 Å². The van der Waals surface area contributed by atoms with E-state index in [1.165, 1.54) is 39.0 Å². The summed E-state index contributed by atoms with van der Waals surface area (Å²) in [4.78, 5) is 49.2. The molecule has 0 aromatic carbocycles. The van der Waals surface area contributed by atoms with Crippen molar-refractivity contribution in [2.24, 2.45) is 0 Å². The van der Waals surface area contributed by atoms with Crippen molar-refractivity contribution in [2.75, 3.05) is 20.7 Å². The van der Waals surface area contributed by atoms with Gasteiger partial charge in [-0.1, -0.05) is 0 Å². The minimum Gasteiger partial charge on any atom is -0.756 e. The van der Waals surface area contributed by atoms with Gasteiger partial charge in [-0.2, -0.15) is 0 Å². The number of rotatable bonds is 9. The first-order valence-electron chi connectivity index (χ1n) is 11.0. The molecule has 1 aromatic heterocycles. The van der Waals surface area contributed by atoms with Crippen molar-refractivity contribution in [2.45, 2.75) is 69.3 Å². The Kier molecular flexibility index (Phi) is 9.35. The van der Waals surface area contributed by atoms with Crippen molar-refractivity contribution >= 4 is 15.6 Å². The van der Waals surface area contributed by atoms with Gasteiger partial charge in [0.2, 0.25) is 0 Å². The van der Waals surface area contributed by atoms with Crippen LogP contribution >= 0.6 is 15.6 Å². The number of hydrogen-bond acceptors (Lipinski definition) is 14. The van der Waals surface area contributed by atoms with E-state index in [1.807, 2.05) is 0 Å². The number of aliphatic hydroxyl groups excluding tert-OH is 3. The van der Waals surface area contributed by atoms with Gasteiger partial charge in [-0.25, -0.2) is 13.7 Å². The summed E-state index contributed by atoms with van der Waals surface area (Å²) in [5.41, 5.74) is -1.21. The molecular formula is C18H30N3O14P2-. The van der Waals surface area contributed by atoms with Gasteiger partial charge in [0.05, 0.1) is 31.0 Å². The Hall–Kier alpha value is -1.30. The van der Waals surface area contributed by atoms with Crippen molar-refractivity contribution in [1.29, 1.82) is 0 Å². The minimum atomic E-state index is -5.63. The molecule has 2 aliphatic heterocycles. The maximum Gasteiger partial charge on any atom is 0.478 e. The summed E-state index contributed by atoms with van der Waals surface area (Å²) in [5.74, 6) is 0. The highest BCUT2D eigenvalue weighted by Gasteiger charge is 2.46. The van der Waals surface area contributed by atoms with Gasteiger partial charge in [0, 0.05) is 18.2 Å². The van der Waals surface area contributed by atoms with Crippen LogP contribution in [0.5, 0.6) is 0 Å². The summed E-state index contributed by atoms with van der Waals surface area (Å²) < 4.78 is 49.6. The van der Waals surface area contributed by atoms with Crippen LogP contribution in [0, 0.1) is 6.92 Å². The van der Waals surface area contributed by atoms with Crippen LogP contribution in [0.3, 0.4) is 0 Å². The average molecular weight is 574 g/mol. The quantitative estimate of drug-likeness (QED) is 0.192. The number of hydrogen-bond donors (Lipinski definition) is 5. The Labute approximate surface area is 210 Å². The third-order valence-corrected chi connectivity index (χ3v) is 8.47. The Balaban J connectivity index is 1.60. The molecule has 0 bridgehead atoms. The third kappa shape index (κ3) is 7.22. The molecule has 0 saturated carbocycles. The number of aliphatic hydroxyl groups is 3. The van der Waals surface area contributed by atoms with E-state index in [-0.39, 0.29) is 12.0 Å². The number of aromatic amines is 1. The van der Waals surface area contributed by atoms with Gasteiger partial charge in [-0.15, -0.1) is 0 Å². The van der Waals surface area contributed by atoms with Gasteiger partial charge in [-0.3, -0.25) is 28.0 Å². The molecule has 0 amide bonds. The molecule has 4 unspecified atom stereocenters.